The van der Waals surface area contributed by atoms with E-state index < -0.39 is 0 Å². The van der Waals surface area contributed by atoms with Gasteiger partial charge in [0, 0.05) is 10.0 Å². The van der Waals surface area contributed by atoms with Gasteiger partial charge in [0.25, 0.3) is 0 Å². The second kappa shape index (κ2) is 7.01. The molecular weight excluding hydrogens is 330 g/mol. The van der Waals surface area contributed by atoms with Crippen molar-refractivity contribution < 1.29 is 9.47 Å². The summed E-state index contributed by atoms with van der Waals surface area (Å²) in [6, 6.07) is 4.25. The average Bonchev–Trinajstić information content (AvgIpc) is 3.02. The summed E-state index contributed by atoms with van der Waals surface area (Å²) >= 11 is 3.62. The Bertz CT molecular complexity index is 480. The average molecular weight is 354 g/mol. The molecule has 1 saturated heterocycles. The van der Waals surface area contributed by atoms with Crippen molar-refractivity contribution in [1.29, 1.82) is 0 Å². The van der Waals surface area contributed by atoms with Gasteiger partial charge in [0.15, 0.2) is 11.5 Å². The Kier molecular flexibility index (Phi) is 5.07. The van der Waals surface area contributed by atoms with E-state index in [1.54, 1.807) is 7.11 Å². The number of benzene rings is 1. The van der Waals surface area contributed by atoms with Crippen LogP contribution >= 0.6 is 15.9 Å². The number of hydrogen-bond acceptors (Lipinski definition) is 3. The molecule has 0 unspecified atom stereocenters. The lowest BCUT2D eigenvalue weighted by molar-refractivity contribution is 0.196. The Hall–Kier alpha value is -0.740. The Morgan fingerprint density at radius 2 is 1.81 bits per heavy atom. The molecule has 1 heterocycles. The first-order valence-electron chi connectivity index (χ1n) is 8.02. The van der Waals surface area contributed by atoms with Gasteiger partial charge in [0.2, 0.25) is 0 Å². The first-order valence-corrected chi connectivity index (χ1v) is 8.82. The topological polar surface area (TPSA) is 30.5 Å². The van der Waals surface area contributed by atoms with Crippen LogP contribution in [0.15, 0.2) is 16.6 Å². The van der Waals surface area contributed by atoms with Crippen molar-refractivity contribution in [3.05, 3.63) is 22.2 Å². The number of piperidine rings is 1. The summed E-state index contributed by atoms with van der Waals surface area (Å²) in [5.74, 6) is 2.42. The molecule has 116 valence electrons. The Balaban J connectivity index is 1.92. The predicted octanol–water partition coefficient (Wildman–Crippen LogP) is 4.25. The lowest BCUT2D eigenvalue weighted by atomic mass is 9.89. The smallest absolute Gasteiger partial charge is 0.165 e. The van der Waals surface area contributed by atoms with Gasteiger partial charge in [-0.2, -0.15) is 0 Å². The van der Waals surface area contributed by atoms with Crippen molar-refractivity contribution in [2.75, 3.05) is 20.2 Å². The minimum atomic E-state index is 0.362. The van der Waals surface area contributed by atoms with Gasteiger partial charge in [-0.15, -0.1) is 0 Å². The highest BCUT2D eigenvalue weighted by molar-refractivity contribution is 9.10. The maximum atomic E-state index is 6.37. The monoisotopic (exact) mass is 353 g/mol. The van der Waals surface area contributed by atoms with Crippen LogP contribution in [0.5, 0.6) is 11.5 Å². The lowest BCUT2D eigenvalue weighted by Gasteiger charge is -2.27. The van der Waals surface area contributed by atoms with Crippen LogP contribution in [-0.2, 0) is 0 Å². The molecule has 2 fully saturated rings. The minimum Gasteiger partial charge on any atom is -0.493 e. The maximum Gasteiger partial charge on any atom is 0.165 e. The molecule has 0 spiro atoms. The fourth-order valence-corrected chi connectivity index (χ4v) is 3.93. The van der Waals surface area contributed by atoms with E-state index in [0.717, 1.165) is 29.1 Å². The molecule has 1 N–H and O–H groups in total. The Morgan fingerprint density at radius 1 is 1.10 bits per heavy atom. The highest BCUT2D eigenvalue weighted by atomic mass is 79.9. The molecule has 1 aromatic carbocycles. The second-order valence-corrected chi connectivity index (χ2v) is 6.99. The number of ether oxygens (including phenoxy) is 2. The summed E-state index contributed by atoms with van der Waals surface area (Å²) in [6.07, 6.45) is 7.61. The minimum absolute atomic E-state index is 0.362. The van der Waals surface area contributed by atoms with Crippen LogP contribution in [0, 0.1) is 0 Å². The summed E-state index contributed by atoms with van der Waals surface area (Å²) in [7, 11) is 1.73. The molecule has 3 nitrogen and oxygen atoms in total. The zero-order chi connectivity index (χ0) is 14.7. The highest BCUT2D eigenvalue weighted by Gasteiger charge is 2.25. The maximum absolute atomic E-state index is 6.37. The van der Waals surface area contributed by atoms with E-state index in [9.17, 15) is 0 Å². The summed E-state index contributed by atoms with van der Waals surface area (Å²) in [6.45, 7) is 2.17. The van der Waals surface area contributed by atoms with Gasteiger partial charge in [-0.3, -0.25) is 0 Å². The molecule has 0 bridgehead atoms. The molecule has 1 aliphatic carbocycles. The van der Waals surface area contributed by atoms with E-state index >= 15 is 0 Å². The first-order chi connectivity index (χ1) is 10.3. The van der Waals surface area contributed by atoms with Crippen molar-refractivity contribution in [3.63, 3.8) is 0 Å². The Labute approximate surface area is 135 Å². The summed E-state index contributed by atoms with van der Waals surface area (Å²) < 4.78 is 13.0. The molecule has 2 aliphatic rings. The van der Waals surface area contributed by atoms with Crippen molar-refractivity contribution in [2.45, 2.75) is 50.5 Å². The van der Waals surface area contributed by atoms with Gasteiger partial charge < -0.3 is 14.8 Å². The van der Waals surface area contributed by atoms with Crippen LogP contribution in [0.3, 0.4) is 0 Å². The predicted molar refractivity (Wildman–Crippen MR) is 88.4 cm³/mol. The van der Waals surface area contributed by atoms with Crippen molar-refractivity contribution in [2.24, 2.45) is 0 Å². The fourth-order valence-electron chi connectivity index (χ4n) is 3.48. The third-order valence-corrected chi connectivity index (χ3v) is 5.09. The van der Waals surface area contributed by atoms with Crippen LogP contribution in [-0.4, -0.2) is 26.3 Å². The molecule has 21 heavy (non-hydrogen) atoms. The zero-order valence-corrected chi connectivity index (χ0v) is 14.2. The van der Waals surface area contributed by atoms with Crippen molar-refractivity contribution in [3.8, 4) is 11.5 Å². The Morgan fingerprint density at radius 3 is 2.48 bits per heavy atom. The molecule has 0 atom stereocenters. The number of rotatable bonds is 4. The fraction of sp³-hybridized carbons (Fsp3) is 0.647. The van der Waals surface area contributed by atoms with Gasteiger partial charge >= 0.3 is 0 Å². The third kappa shape index (κ3) is 3.54. The lowest BCUT2D eigenvalue weighted by Crippen LogP contribution is -2.27. The van der Waals surface area contributed by atoms with Crippen LogP contribution in [0.25, 0.3) is 0 Å². The molecule has 1 saturated carbocycles. The van der Waals surface area contributed by atoms with Gasteiger partial charge in [-0.1, -0.05) is 15.9 Å². The van der Waals surface area contributed by atoms with Crippen LogP contribution < -0.4 is 14.8 Å². The second-order valence-electron chi connectivity index (χ2n) is 6.07. The summed E-state index contributed by atoms with van der Waals surface area (Å²) in [5, 5.41) is 3.44. The molecule has 4 heteroatoms. The highest BCUT2D eigenvalue weighted by Crippen LogP contribution is 2.43. The number of methoxy groups -OCH3 is 1. The largest absolute Gasteiger partial charge is 0.493 e. The van der Waals surface area contributed by atoms with E-state index in [2.05, 4.69) is 27.3 Å². The van der Waals surface area contributed by atoms with E-state index in [1.165, 1.54) is 44.1 Å². The van der Waals surface area contributed by atoms with Crippen LogP contribution in [0.2, 0.25) is 0 Å². The van der Waals surface area contributed by atoms with Gasteiger partial charge in [0.1, 0.15) is 0 Å². The third-order valence-electron chi connectivity index (χ3n) is 4.63. The van der Waals surface area contributed by atoms with E-state index in [-0.39, 0.29) is 0 Å². The summed E-state index contributed by atoms with van der Waals surface area (Å²) in [5.41, 5.74) is 1.31. The van der Waals surface area contributed by atoms with Crippen molar-refractivity contribution in [1.82, 2.24) is 5.32 Å². The quantitative estimate of drug-likeness (QED) is 0.877. The SMILES string of the molecule is COc1cc(Br)cc(C2CCNCC2)c1OC1CCCC1. The normalized spacial score (nSPS) is 20.7. The zero-order valence-electron chi connectivity index (χ0n) is 12.7. The van der Waals surface area contributed by atoms with Gasteiger partial charge in [-0.25, -0.2) is 0 Å². The van der Waals surface area contributed by atoms with E-state index in [4.69, 9.17) is 9.47 Å². The van der Waals surface area contributed by atoms with E-state index in [1.807, 2.05) is 6.07 Å². The van der Waals surface area contributed by atoms with Gasteiger partial charge in [-0.05, 0) is 69.7 Å². The first kappa shape index (κ1) is 15.2. The molecule has 1 aliphatic heterocycles. The molecule has 0 radical (unpaired) electrons. The standard InChI is InChI=1S/C17H24BrNO2/c1-20-16-11-13(18)10-15(12-6-8-19-9-7-12)17(16)21-14-4-2-3-5-14/h10-12,14,19H,2-9H2,1H3. The van der Waals surface area contributed by atoms with Crippen LogP contribution in [0.4, 0.5) is 0 Å². The van der Waals surface area contributed by atoms with Gasteiger partial charge in [0.05, 0.1) is 13.2 Å². The molecule has 0 amide bonds. The van der Waals surface area contributed by atoms with Crippen LogP contribution in [0.1, 0.15) is 50.0 Å². The molecule has 1 aromatic rings. The molecule has 3 rings (SSSR count). The molecular formula is C17H24BrNO2. The number of hydrogen-bond donors (Lipinski definition) is 1. The van der Waals surface area contributed by atoms with E-state index in [0.29, 0.717) is 12.0 Å². The van der Waals surface area contributed by atoms with Crippen molar-refractivity contribution >= 4 is 15.9 Å². The summed E-state index contributed by atoms with van der Waals surface area (Å²) in [4.78, 5) is 0. The number of halogens is 1. The number of nitrogens with one attached hydrogen (secondary N) is 1. The molecule has 0 aromatic heterocycles.